The lowest BCUT2D eigenvalue weighted by atomic mass is 10.1. The maximum absolute atomic E-state index is 7.10. The van der Waals surface area contributed by atoms with Gasteiger partial charge < -0.3 is 5.32 Å². The number of hydrogen-bond donors (Lipinski definition) is 1. The quantitative estimate of drug-likeness (QED) is 0.735. The Morgan fingerprint density at radius 1 is 1.05 bits per heavy atom. The Balaban J connectivity index is 1.79. The van der Waals surface area contributed by atoms with E-state index in [0.29, 0.717) is 5.69 Å². The smallest absolute Gasteiger partial charge is 0.188 e. The number of nitrogens with one attached hydrogen (secondary N) is 1. The van der Waals surface area contributed by atoms with Crippen molar-refractivity contribution < 1.29 is 0 Å². The van der Waals surface area contributed by atoms with Gasteiger partial charge in [-0.1, -0.05) is 36.4 Å². The summed E-state index contributed by atoms with van der Waals surface area (Å²) >= 11 is 0. The Bertz CT molecular complexity index is 791. The molecule has 0 unspecified atom stereocenters. The van der Waals surface area contributed by atoms with Crippen molar-refractivity contribution in [2.24, 2.45) is 0 Å². The van der Waals surface area contributed by atoms with Crippen molar-refractivity contribution in [2.45, 2.75) is 6.42 Å². The standard InChI is InChI=1S/C17H14N4/c1-18-14-7-8-16-15(11-14)17(21-12-20-16)19-10-9-13-5-3-2-4-6-13/h2-8,11-12H,9-10H2,(H,19,20,21). The van der Waals surface area contributed by atoms with Gasteiger partial charge >= 0.3 is 0 Å². The van der Waals surface area contributed by atoms with E-state index in [1.807, 2.05) is 30.3 Å². The molecule has 0 spiro atoms. The minimum absolute atomic E-state index is 0.600. The van der Waals surface area contributed by atoms with Crippen LogP contribution in [0.25, 0.3) is 15.7 Å². The van der Waals surface area contributed by atoms with Crippen molar-refractivity contribution in [3.63, 3.8) is 0 Å². The van der Waals surface area contributed by atoms with Crippen molar-refractivity contribution >= 4 is 22.4 Å². The first-order valence-electron chi connectivity index (χ1n) is 6.77. The van der Waals surface area contributed by atoms with Crippen LogP contribution in [0.3, 0.4) is 0 Å². The van der Waals surface area contributed by atoms with Crippen LogP contribution in [0.4, 0.5) is 11.5 Å². The van der Waals surface area contributed by atoms with Crippen LogP contribution in [-0.2, 0) is 6.42 Å². The first-order valence-corrected chi connectivity index (χ1v) is 6.77. The highest BCUT2D eigenvalue weighted by molar-refractivity contribution is 5.91. The average molecular weight is 274 g/mol. The molecule has 102 valence electrons. The Morgan fingerprint density at radius 2 is 1.90 bits per heavy atom. The topological polar surface area (TPSA) is 42.2 Å². The van der Waals surface area contributed by atoms with Crippen LogP contribution >= 0.6 is 0 Å². The van der Waals surface area contributed by atoms with E-state index >= 15 is 0 Å². The highest BCUT2D eigenvalue weighted by Crippen LogP contribution is 2.24. The summed E-state index contributed by atoms with van der Waals surface area (Å²) in [6, 6.07) is 15.8. The molecule has 0 saturated heterocycles. The first-order chi connectivity index (χ1) is 10.4. The summed E-state index contributed by atoms with van der Waals surface area (Å²) in [6.07, 6.45) is 2.47. The van der Waals surface area contributed by atoms with Crippen LogP contribution in [-0.4, -0.2) is 16.5 Å². The lowest BCUT2D eigenvalue weighted by Crippen LogP contribution is -2.07. The van der Waals surface area contributed by atoms with Crippen LogP contribution in [0.1, 0.15) is 5.56 Å². The molecule has 0 radical (unpaired) electrons. The second kappa shape index (κ2) is 6.02. The first kappa shape index (κ1) is 13.1. The monoisotopic (exact) mass is 274 g/mol. The summed E-state index contributed by atoms with van der Waals surface area (Å²) in [5, 5.41) is 4.22. The summed E-state index contributed by atoms with van der Waals surface area (Å²) in [4.78, 5) is 12.0. The van der Waals surface area contributed by atoms with Crippen LogP contribution in [0.5, 0.6) is 0 Å². The molecule has 2 aromatic carbocycles. The predicted octanol–water partition coefficient (Wildman–Crippen LogP) is 3.84. The molecule has 3 rings (SSSR count). The SMILES string of the molecule is [C-]#[N+]c1ccc2ncnc(NCCc3ccccc3)c2c1. The van der Waals surface area contributed by atoms with E-state index in [9.17, 15) is 0 Å². The fourth-order valence-electron chi connectivity index (χ4n) is 2.22. The highest BCUT2D eigenvalue weighted by Gasteiger charge is 2.04. The third-order valence-electron chi connectivity index (χ3n) is 3.30. The third-order valence-corrected chi connectivity index (χ3v) is 3.30. The minimum Gasteiger partial charge on any atom is -0.369 e. The fourth-order valence-corrected chi connectivity index (χ4v) is 2.22. The molecular weight excluding hydrogens is 260 g/mol. The van der Waals surface area contributed by atoms with Gasteiger partial charge in [-0.3, -0.25) is 0 Å². The van der Waals surface area contributed by atoms with E-state index in [2.05, 4.69) is 32.3 Å². The fraction of sp³-hybridized carbons (Fsp3) is 0.118. The Labute approximate surface area is 123 Å². The summed E-state index contributed by atoms with van der Waals surface area (Å²) in [5.41, 5.74) is 2.73. The van der Waals surface area contributed by atoms with Crippen molar-refractivity contribution in [3.8, 4) is 0 Å². The number of nitrogens with zero attached hydrogens (tertiary/aromatic N) is 3. The van der Waals surface area contributed by atoms with E-state index in [1.165, 1.54) is 5.56 Å². The van der Waals surface area contributed by atoms with Crippen LogP contribution in [0.15, 0.2) is 54.9 Å². The zero-order valence-corrected chi connectivity index (χ0v) is 11.5. The largest absolute Gasteiger partial charge is 0.369 e. The zero-order valence-electron chi connectivity index (χ0n) is 11.5. The maximum atomic E-state index is 7.10. The molecule has 0 aliphatic carbocycles. The van der Waals surface area contributed by atoms with Crippen molar-refractivity contribution in [1.29, 1.82) is 0 Å². The normalized spacial score (nSPS) is 10.2. The molecule has 0 bridgehead atoms. The summed E-state index contributed by atoms with van der Waals surface area (Å²) in [7, 11) is 0. The van der Waals surface area contributed by atoms with E-state index in [4.69, 9.17) is 6.57 Å². The van der Waals surface area contributed by atoms with Gasteiger partial charge in [0, 0.05) is 11.9 Å². The molecule has 21 heavy (non-hydrogen) atoms. The lowest BCUT2D eigenvalue weighted by Gasteiger charge is -2.08. The molecular formula is C17H14N4. The number of fused-ring (bicyclic) bond motifs is 1. The van der Waals surface area contributed by atoms with Gasteiger partial charge in [0.2, 0.25) is 0 Å². The molecule has 1 aromatic heterocycles. The number of anilines is 1. The molecule has 3 aromatic rings. The van der Waals surface area contributed by atoms with Gasteiger partial charge in [0.25, 0.3) is 0 Å². The lowest BCUT2D eigenvalue weighted by molar-refractivity contribution is 1.01. The molecule has 0 aliphatic heterocycles. The molecule has 1 N–H and O–H groups in total. The van der Waals surface area contributed by atoms with Gasteiger partial charge in [-0.25, -0.2) is 14.8 Å². The van der Waals surface area contributed by atoms with Gasteiger partial charge in [-0.15, -0.1) is 0 Å². The molecule has 0 fully saturated rings. The van der Waals surface area contributed by atoms with E-state index in [1.54, 1.807) is 12.4 Å². The Kier molecular flexibility index (Phi) is 3.74. The highest BCUT2D eigenvalue weighted by atomic mass is 15.0. The predicted molar refractivity (Wildman–Crippen MR) is 84.4 cm³/mol. The molecule has 0 saturated carbocycles. The van der Waals surface area contributed by atoms with Crippen LogP contribution < -0.4 is 5.32 Å². The zero-order chi connectivity index (χ0) is 14.5. The van der Waals surface area contributed by atoms with Gasteiger partial charge in [0.1, 0.15) is 12.1 Å². The number of rotatable bonds is 4. The molecule has 4 nitrogen and oxygen atoms in total. The van der Waals surface area contributed by atoms with Gasteiger partial charge in [0.05, 0.1) is 12.1 Å². The van der Waals surface area contributed by atoms with E-state index in [-0.39, 0.29) is 0 Å². The second-order valence-corrected chi connectivity index (χ2v) is 4.70. The molecule has 0 atom stereocenters. The Morgan fingerprint density at radius 3 is 2.71 bits per heavy atom. The van der Waals surface area contributed by atoms with Crippen LogP contribution in [0.2, 0.25) is 0 Å². The van der Waals surface area contributed by atoms with Crippen molar-refractivity contribution in [2.75, 3.05) is 11.9 Å². The summed E-state index contributed by atoms with van der Waals surface area (Å²) < 4.78 is 0. The molecule has 0 aliphatic rings. The minimum atomic E-state index is 0.600. The molecule has 1 heterocycles. The second-order valence-electron chi connectivity index (χ2n) is 4.70. The van der Waals surface area contributed by atoms with Crippen molar-refractivity contribution in [3.05, 3.63) is 71.8 Å². The van der Waals surface area contributed by atoms with Crippen LogP contribution in [0, 0.1) is 6.57 Å². The number of benzene rings is 2. The third kappa shape index (κ3) is 2.98. The number of aromatic nitrogens is 2. The van der Waals surface area contributed by atoms with Gasteiger partial charge in [0.15, 0.2) is 5.69 Å². The molecule has 4 heteroatoms. The summed E-state index contributed by atoms with van der Waals surface area (Å²) in [5.74, 6) is 0.779. The van der Waals surface area contributed by atoms with Gasteiger partial charge in [-0.05, 0) is 24.1 Å². The number of hydrogen-bond acceptors (Lipinski definition) is 3. The maximum Gasteiger partial charge on any atom is 0.188 e. The Hall–Kier alpha value is -2.93. The van der Waals surface area contributed by atoms with Crippen molar-refractivity contribution in [1.82, 2.24) is 9.97 Å². The molecule has 0 amide bonds. The van der Waals surface area contributed by atoms with E-state index in [0.717, 1.165) is 29.7 Å². The average Bonchev–Trinajstić information content (AvgIpc) is 2.55. The van der Waals surface area contributed by atoms with E-state index < -0.39 is 0 Å². The summed E-state index contributed by atoms with van der Waals surface area (Å²) in [6.45, 7) is 7.89. The van der Waals surface area contributed by atoms with Gasteiger partial charge in [-0.2, -0.15) is 0 Å².